The summed E-state index contributed by atoms with van der Waals surface area (Å²) in [6, 6.07) is 83.8. The molecule has 75 heavy (non-hydrogen) atoms. The van der Waals surface area contributed by atoms with Gasteiger partial charge in [-0.05, 0) is 165 Å². The molecule has 10 aromatic carbocycles. The van der Waals surface area contributed by atoms with Gasteiger partial charge in [0.1, 0.15) is 0 Å². The van der Waals surface area contributed by atoms with E-state index in [0.717, 1.165) is 95.0 Å². The zero-order valence-corrected chi connectivity index (χ0v) is 42.1. The molecule has 0 N–H and O–H groups in total. The Morgan fingerprint density at radius 2 is 0.707 bits per heavy atom. The Morgan fingerprint density at radius 3 is 1.11 bits per heavy atom. The van der Waals surface area contributed by atoms with E-state index in [1.807, 2.05) is 13.0 Å². The van der Waals surface area contributed by atoms with Gasteiger partial charge in [-0.25, -0.2) is 0 Å². The fourth-order valence-electron chi connectivity index (χ4n) is 12.0. The van der Waals surface area contributed by atoms with Crippen LogP contribution in [0, 0.1) is 39.0 Å². The predicted molar refractivity (Wildman–Crippen MR) is 313 cm³/mol. The van der Waals surface area contributed by atoms with E-state index in [1.54, 1.807) is 0 Å². The van der Waals surface area contributed by atoms with Crippen LogP contribution in [0.1, 0.15) is 27.9 Å². The third kappa shape index (κ3) is 7.02. The number of hydrogen-bond acceptors (Lipinski definition) is 2. The molecule has 0 unspecified atom stereocenters. The highest BCUT2D eigenvalue weighted by atomic mass is 15.0. The summed E-state index contributed by atoms with van der Waals surface area (Å²) in [6.45, 7) is 8.49. The standard InChI is InChI=1S/C70H49N5/c1-43-20-35-65-57(38-43)54-13-5-8-17-62(54)73(65)51-29-23-47(24-30-51)68-50(42-71)41-60(61-16-11-12-46(4)72-61)69(48-25-31-52(32-26-48)74-63-18-9-6-14-55(63)58-39-44(2)21-36-66(58)74)70(68)49-27-33-53(34-28-49)75-64-19-10-7-15-56(64)59-40-45(3)22-37-67(59)75/h5-41H,1-4H3. The summed E-state index contributed by atoms with van der Waals surface area (Å²) in [7, 11) is 0. The molecule has 0 atom stereocenters. The minimum atomic E-state index is 0.575. The molecule has 0 amide bonds. The van der Waals surface area contributed by atoms with E-state index in [2.05, 4.69) is 259 Å². The van der Waals surface area contributed by atoms with Gasteiger partial charge in [0.15, 0.2) is 0 Å². The lowest BCUT2D eigenvalue weighted by Crippen LogP contribution is -2.01. The van der Waals surface area contributed by atoms with Gasteiger partial charge in [0.25, 0.3) is 0 Å². The van der Waals surface area contributed by atoms with Gasteiger partial charge in [-0.1, -0.05) is 132 Å². The fourth-order valence-corrected chi connectivity index (χ4v) is 12.0. The molecule has 0 bridgehead atoms. The molecule has 5 heteroatoms. The molecule has 0 aliphatic carbocycles. The summed E-state index contributed by atoms with van der Waals surface area (Å²) in [6.07, 6.45) is 0. The normalized spacial score (nSPS) is 11.7. The lowest BCUT2D eigenvalue weighted by Gasteiger charge is -2.23. The third-order valence-electron chi connectivity index (χ3n) is 15.3. The number of fused-ring (bicyclic) bond motifs is 9. The minimum absolute atomic E-state index is 0.575. The second-order valence-corrected chi connectivity index (χ2v) is 20.1. The minimum Gasteiger partial charge on any atom is -0.309 e. The van der Waals surface area contributed by atoms with Crippen LogP contribution in [0.2, 0.25) is 0 Å². The maximum Gasteiger partial charge on any atom is 0.0998 e. The first kappa shape index (κ1) is 44.0. The summed E-state index contributed by atoms with van der Waals surface area (Å²) in [5, 5.41) is 18.8. The first-order chi connectivity index (χ1) is 36.8. The Labute approximate surface area is 435 Å². The summed E-state index contributed by atoms with van der Waals surface area (Å²) in [4.78, 5) is 5.16. The van der Waals surface area contributed by atoms with E-state index in [4.69, 9.17) is 4.98 Å². The highest BCUT2D eigenvalue weighted by molar-refractivity contribution is 6.12. The Morgan fingerprint density at radius 1 is 0.333 bits per heavy atom. The summed E-state index contributed by atoms with van der Waals surface area (Å²) >= 11 is 0. The quantitative estimate of drug-likeness (QED) is 0.160. The van der Waals surface area contributed by atoms with Crippen molar-refractivity contribution in [1.29, 1.82) is 5.26 Å². The molecule has 4 heterocycles. The molecular formula is C70H49N5. The van der Waals surface area contributed by atoms with Gasteiger partial charge in [0, 0.05) is 66.2 Å². The number of pyridine rings is 1. The Balaban J connectivity index is 1.02. The molecule has 354 valence electrons. The van der Waals surface area contributed by atoms with Gasteiger partial charge in [0.2, 0.25) is 0 Å². The van der Waals surface area contributed by atoms with Gasteiger partial charge in [-0.2, -0.15) is 5.26 Å². The smallest absolute Gasteiger partial charge is 0.0998 e. The van der Waals surface area contributed by atoms with Crippen LogP contribution in [0.15, 0.2) is 224 Å². The van der Waals surface area contributed by atoms with Gasteiger partial charge >= 0.3 is 0 Å². The van der Waals surface area contributed by atoms with Crippen LogP contribution in [-0.2, 0) is 0 Å². The lowest BCUT2D eigenvalue weighted by atomic mass is 9.81. The first-order valence-electron chi connectivity index (χ1n) is 25.7. The van der Waals surface area contributed by atoms with Crippen molar-refractivity contribution in [3.63, 3.8) is 0 Å². The van der Waals surface area contributed by atoms with Gasteiger partial charge in [-0.15, -0.1) is 0 Å². The summed E-state index contributed by atoms with van der Waals surface area (Å²) in [5.74, 6) is 0. The molecule has 0 aliphatic heterocycles. The monoisotopic (exact) mass is 959 g/mol. The molecule has 0 saturated heterocycles. The second-order valence-electron chi connectivity index (χ2n) is 20.1. The second kappa shape index (κ2) is 17.2. The molecule has 14 rings (SSSR count). The molecule has 0 fully saturated rings. The van der Waals surface area contributed by atoms with Crippen molar-refractivity contribution < 1.29 is 0 Å². The lowest BCUT2D eigenvalue weighted by molar-refractivity contribution is 1.18. The maximum absolute atomic E-state index is 11.4. The van der Waals surface area contributed by atoms with Crippen molar-refractivity contribution in [3.8, 4) is 67.8 Å². The van der Waals surface area contributed by atoms with Gasteiger partial charge in [-0.3, -0.25) is 4.98 Å². The first-order valence-corrected chi connectivity index (χ1v) is 25.7. The highest BCUT2D eigenvalue weighted by Crippen LogP contribution is 2.48. The van der Waals surface area contributed by atoms with Crippen LogP contribution in [0.25, 0.3) is 127 Å². The highest BCUT2D eigenvalue weighted by Gasteiger charge is 2.25. The Hall–Kier alpha value is -9.76. The van der Waals surface area contributed by atoms with E-state index < -0.39 is 0 Å². The maximum atomic E-state index is 11.4. The van der Waals surface area contributed by atoms with Crippen LogP contribution in [-0.4, -0.2) is 18.7 Å². The van der Waals surface area contributed by atoms with Crippen LogP contribution in [0.5, 0.6) is 0 Å². The summed E-state index contributed by atoms with van der Waals surface area (Å²) in [5.41, 5.74) is 22.8. The SMILES string of the molecule is Cc1ccc2c(c1)c1ccccc1n2-c1ccc(-c2c(C#N)cc(-c3cccc(C)n3)c(-c3ccc(-n4c5ccccc5c5cc(C)ccc54)cc3)c2-c2ccc(-n3c4ccccc4c4cc(C)ccc43)cc2)cc1. The topological polar surface area (TPSA) is 51.5 Å². The number of hydrogen-bond donors (Lipinski definition) is 0. The van der Waals surface area contributed by atoms with Crippen molar-refractivity contribution in [3.05, 3.63) is 252 Å². The number of aryl methyl sites for hydroxylation is 4. The summed E-state index contributed by atoms with van der Waals surface area (Å²) < 4.78 is 7.09. The zero-order chi connectivity index (χ0) is 50.5. The number of para-hydroxylation sites is 3. The Bertz CT molecular complexity index is 4670. The number of rotatable bonds is 7. The molecule has 4 aromatic heterocycles. The number of aromatic nitrogens is 4. The molecular weight excluding hydrogens is 911 g/mol. The van der Waals surface area contributed by atoms with Gasteiger partial charge < -0.3 is 13.7 Å². The van der Waals surface area contributed by atoms with E-state index in [-0.39, 0.29) is 0 Å². The van der Waals surface area contributed by atoms with E-state index >= 15 is 0 Å². The predicted octanol–water partition coefficient (Wildman–Crippen LogP) is 18.1. The van der Waals surface area contributed by atoms with Crippen LogP contribution in [0.4, 0.5) is 0 Å². The van der Waals surface area contributed by atoms with Crippen molar-refractivity contribution in [2.75, 3.05) is 0 Å². The molecule has 0 radical (unpaired) electrons. The van der Waals surface area contributed by atoms with Crippen LogP contribution < -0.4 is 0 Å². The van der Waals surface area contributed by atoms with Crippen molar-refractivity contribution >= 4 is 65.4 Å². The van der Waals surface area contributed by atoms with E-state index in [9.17, 15) is 5.26 Å². The molecule has 0 spiro atoms. The van der Waals surface area contributed by atoms with Crippen molar-refractivity contribution in [2.24, 2.45) is 0 Å². The third-order valence-corrected chi connectivity index (χ3v) is 15.3. The average Bonchev–Trinajstić information content (AvgIpc) is 4.11. The number of nitrogens with zero attached hydrogens (tertiary/aromatic N) is 5. The molecule has 5 nitrogen and oxygen atoms in total. The van der Waals surface area contributed by atoms with Crippen LogP contribution in [0.3, 0.4) is 0 Å². The average molecular weight is 960 g/mol. The molecule has 0 saturated carbocycles. The van der Waals surface area contributed by atoms with Crippen molar-refractivity contribution in [2.45, 2.75) is 27.7 Å². The van der Waals surface area contributed by atoms with Gasteiger partial charge in [0.05, 0.1) is 50.4 Å². The number of nitriles is 1. The largest absolute Gasteiger partial charge is 0.309 e. The molecule has 0 aliphatic rings. The fraction of sp³-hybridized carbons (Fsp3) is 0.0571. The number of benzene rings is 10. The van der Waals surface area contributed by atoms with E-state index in [1.165, 1.54) is 54.5 Å². The zero-order valence-electron chi connectivity index (χ0n) is 42.1. The van der Waals surface area contributed by atoms with Crippen molar-refractivity contribution in [1.82, 2.24) is 18.7 Å². The molecule has 14 aromatic rings. The van der Waals surface area contributed by atoms with E-state index in [0.29, 0.717) is 5.56 Å². The van der Waals surface area contributed by atoms with Crippen LogP contribution >= 0.6 is 0 Å². The Kier molecular flexibility index (Phi) is 10.1.